The van der Waals surface area contributed by atoms with E-state index < -0.39 is 5.97 Å². The van der Waals surface area contributed by atoms with Crippen molar-refractivity contribution in [3.63, 3.8) is 0 Å². The lowest BCUT2D eigenvalue weighted by Gasteiger charge is -2.18. The second-order valence-corrected chi connectivity index (χ2v) is 11.1. The Kier molecular flexibility index (Phi) is 9.18. The molecule has 0 saturated carbocycles. The topological polar surface area (TPSA) is 133 Å². The number of nitrogens with two attached hydrogens (primary N) is 1. The molecule has 4 aromatic rings. The Bertz CT molecular complexity index is 1660. The Morgan fingerprint density at radius 2 is 1.77 bits per heavy atom. The second kappa shape index (κ2) is 13.2. The molecular formula is C33H34N4O5S. The van der Waals surface area contributed by atoms with Gasteiger partial charge in [-0.3, -0.25) is 9.59 Å². The molecule has 1 aliphatic heterocycles. The minimum absolute atomic E-state index is 0.0198. The summed E-state index contributed by atoms with van der Waals surface area (Å²) in [4.78, 5) is 45.5. The fourth-order valence-corrected chi connectivity index (χ4v) is 6.03. The van der Waals surface area contributed by atoms with Crippen LogP contribution in [-0.2, 0) is 17.7 Å². The minimum Gasteiger partial charge on any atom is -0.493 e. The van der Waals surface area contributed by atoms with E-state index in [-0.39, 0.29) is 29.2 Å². The van der Waals surface area contributed by atoms with Gasteiger partial charge in [-0.25, -0.2) is 9.78 Å². The summed E-state index contributed by atoms with van der Waals surface area (Å²) in [6.07, 6.45) is 2.25. The number of nitrogens with one attached hydrogen (secondary N) is 2. The summed E-state index contributed by atoms with van der Waals surface area (Å²) >= 11 is 1.58. The van der Waals surface area contributed by atoms with E-state index in [0.717, 1.165) is 40.8 Å². The first-order valence-electron chi connectivity index (χ1n) is 14.2. The van der Waals surface area contributed by atoms with Gasteiger partial charge in [0.15, 0.2) is 5.69 Å². The molecule has 2 aromatic heterocycles. The molecule has 0 fully saturated rings. The molecule has 2 amide bonds. The molecule has 10 heteroatoms. The number of nitrogens with zero attached hydrogens (tertiary/aromatic N) is 1. The number of benzene rings is 2. The number of hydrogen-bond donors (Lipinski definition) is 3. The number of carbonyl (C=O) groups excluding carboxylic acids is 3. The van der Waals surface area contributed by atoms with Gasteiger partial charge in [0.25, 0.3) is 11.8 Å². The van der Waals surface area contributed by atoms with Crippen molar-refractivity contribution >= 4 is 34.8 Å². The molecule has 0 bridgehead atoms. The van der Waals surface area contributed by atoms with E-state index in [1.807, 2.05) is 31.4 Å². The number of methoxy groups -OCH3 is 1. The summed E-state index contributed by atoms with van der Waals surface area (Å²) in [7, 11) is 1.25. The Morgan fingerprint density at radius 1 is 1.00 bits per heavy atom. The highest BCUT2D eigenvalue weighted by molar-refractivity contribution is 7.13. The van der Waals surface area contributed by atoms with Crippen molar-refractivity contribution in [3.05, 3.63) is 88.1 Å². The highest BCUT2D eigenvalue weighted by atomic mass is 32.1. The Hall–Kier alpha value is -4.54. The number of esters is 1. The normalized spacial score (nSPS) is 12.0. The van der Waals surface area contributed by atoms with Crippen LogP contribution in [0, 0.1) is 0 Å². The minimum atomic E-state index is -0.729. The number of fused-ring (bicyclic) bond motifs is 3. The smallest absolute Gasteiger partial charge is 0.357 e. The highest BCUT2D eigenvalue weighted by Gasteiger charge is 2.27. The summed E-state index contributed by atoms with van der Waals surface area (Å²) in [5.41, 5.74) is 10.3. The molecule has 0 spiro atoms. The molecule has 43 heavy (non-hydrogen) atoms. The molecule has 1 aliphatic rings. The fraction of sp³-hybridized carbons (Fsp3) is 0.273. The maximum absolute atomic E-state index is 13.9. The van der Waals surface area contributed by atoms with E-state index in [0.29, 0.717) is 41.3 Å². The largest absolute Gasteiger partial charge is 0.493 e. The van der Waals surface area contributed by atoms with Crippen molar-refractivity contribution in [2.24, 2.45) is 5.73 Å². The van der Waals surface area contributed by atoms with Crippen LogP contribution >= 0.6 is 11.3 Å². The molecule has 4 N–H and O–H groups in total. The molecule has 0 unspecified atom stereocenters. The van der Waals surface area contributed by atoms with Crippen LogP contribution in [0.4, 0.5) is 5.69 Å². The van der Waals surface area contributed by atoms with Gasteiger partial charge in [0.1, 0.15) is 11.4 Å². The molecule has 3 heterocycles. The lowest BCUT2D eigenvalue weighted by Crippen LogP contribution is -2.34. The lowest BCUT2D eigenvalue weighted by atomic mass is 9.93. The van der Waals surface area contributed by atoms with Crippen LogP contribution in [0.25, 0.3) is 21.6 Å². The summed E-state index contributed by atoms with van der Waals surface area (Å²) in [6, 6.07) is 16.1. The standard InChI is InChI=1S/C33H34N4O5S/c1-4-21(5-2)35-32(39)27-11-10-23(29(37-27)33(40)41-3)24-17-28-26(30-20(12-14-42-28)13-15-43-30)16-25(24)31(38)36-22-8-6-19(18-34)7-9-22/h6-11,13,15-17,21H,4-5,12,14,18,34H2,1-3H3,(H,35,39)(H,36,38). The van der Waals surface area contributed by atoms with Crippen LogP contribution in [0.5, 0.6) is 5.75 Å². The number of carbonyl (C=O) groups is 3. The van der Waals surface area contributed by atoms with Crippen LogP contribution in [0.1, 0.15) is 69.2 Å². The van der Waals surface area contributed by atoms with Crippen molar-refractivity contribution < 1.29 is 23.9 Å². The van der Waals surface area contributed by atoms with Gasteiger partial charge in [-0.05, 0) is 71.8 Å². The van der Waals surface area contributed by atoms with Crippen molar-refractivity contribution in [2.45, 2.75) is 45.7 Å². The van der Waals surface area contributed by atoms with E-state index in [4.69, 9.17) is 15.2 Å². The van der Waals surface area contributed by atoms with Crippen LogP contribution < -0.4 is 21.1 Å². The van der Waals surface area contributed by atoms with Crippen LogP contribution in [0.2, 0.25) is 0 Å². The zero-order valence-electron chi connectivity index (χ0n) is 24.4. The van der Waals surface area contributed by atoms with E-state index >= 15 is 0 Å². The maximum Gasteiger partial charge on any atom is 0.357 e. The average Bonchev–Trinajstić information content (AvgIpc) is 3.44. The molecule has 0 radical (unpaired) electrons. The van der Waals surface area contributed by atoms with Crippen molar-refractivity contribution in [2.75, 3.05) is 19.0 Å². The first-order valence-corrected chi connectivity index (χ1v) is 15.1. The Balaban J connectivity index is 1.65. The van der Waals surface area contributed by atoms with Gasteiger partial charge in [-0.1, -0.05) is 26.0 Å². The number of ether oxygens (including phenoxy) is 2. The van der Waals surface area contributed by atoms with E-state index in [1.54, 1.807) is 47.7 Å². The van der Waals surface area contributed by atoms with Gasteiger partial charge in [-0.15, -0.1) is 11.3 Å². The Labute approximate surface area is 254 Å². The molecule has 0 atom stereocenters. The molecule has 5 rings (SSSR count). The molecule has 0 aliphatic carbocycles. The average molecular weight is 599 g/mol. The number of amides is 2. The van der Waals surface area contributed by atoms with Gasteiger partial charge in [0.05, 0.1) is 13.7 Å². The second-order valence-electron chi connectivity index (χ2n) is 10.2. The van der Waals surface area contributed by atoms with Gasteiger partial charge >= 0.3 is 5.97 Å². The van der Waals surface area contributed by atoms with Crippen molar-refractivity contribution in [1.29, 1.82) is 0 Å². The van der Waals surface area contributed by atoms with Crippen LogP contribution in [0.15, 0.2) is 60.0 Å². The van der Waals surface area contributed by atoms with Gasteiger partial charge in [0, 0.05) is 51.8 Å². The molecule has 222 valence electrons. The molecule has 9 nitrogen and oxygen atoms in total. The number of pyridine rings is 1. The summed E-state index contributed by atoms with van der Waals surface area (Å²) in [5, 5.41) is 7.95. The predicted molar refractivity (Wildman–Crippen MR) is 168 cm³/mol. The first-order chi connectivity index (χ1) is 20.9. The van der Waals surface area contributed by atoms with E-state index in [9.17, 15) is 14.4 Å². The van der Waals surface area contributed by atoms with E-state index in [1.165, 1.54) is 7.11 Å². The number of thiophene rings is 1. The summed E-state index contributed by atoms with van der Waals surface area (Å²) in [6.45, 7) is 4.83. The number of rotatable bonds is 9. The summed E-state index contributed by atoms with van der Waals surface area (Å²) < 4.78 is 11.2. The zero-order chi connectivity index (χ0) is 30.5. The van der Waals surface area contributed by atoms with Gasteiger partial charge in [0.2, 0.25) is 0 Å². The number of anilines is 1. The number of aromatic nitrogens is 1. The van der Waals surface area contributed by atoms with Crippen LogP contribution in [-0.4, -0.2) is 42.5 Å². The number of hydrogen-bond acceptors (Lipinski definition) is 8. The third-order valence-corrected chi connectivity index (χ3v) is 8.54. The molecule has 2 aromatic carbocycles. The maximum atomic E-state index is 13.9. The van der Waals surface area contributed by atoms with Gasteiger partial charge < -0.3 is 25.8 Å². The monoisotopic (exact) mass is 598 g/mol. The van der Waals surface area contributed by atoms with Gasteiger partial charge in [-0.2, -0.15) is 0 Å². The van der Waals surface area contributed by atoms with Crippen molar-refractivity contribution in [1.82, 2.24) is 10.3 Å². The summed E-state index contributed by atoms with van der Waals surface area (Å²) in [5.74, 6) is -0.912. The third kappa shape index (κ3) is 6.30. The molecule has 0 saturated heterocycles. The van der Waals surface area contributed by atoms with Crippen molar-refractivity contribution in [3.8, 4) is 27.3 Å². The predicted octanol–water partition coefficient (Wildman–Crippen LogP) is 5.83. The van der Waals surface area contributed by atoms with Crippen LogP contribution in [0.3, 0.4) is 0 Å². The molecular weight excluding hydrogens is 564 g/mol. The first kappa shape index (κ1) is 29.9. The highest BCUT2D eigenvalue weighted by Crippen LogP contribution is 2.43. The Morgan fingerprint density at radius 3 is 2.47 bits per heavy atom. The van der Waals surface area contributed by atoms with E-state index in [2.05, 4.69) is 21.7 Å². The SMILES string of the molecule is CCC(CC)NC(=O)c1ccc(-c2cc3c(cc2C(=O)Nc2ccc(CN)cc2)-c2sccc2CCO3)c(C(=O)OC)n1. The quantitative estimate of drug-likeness (QED) is 0.207. The lowest BCUT2D eigenvalue weighted by molar-refractivity contribution is 0.0594. The third-order valence-electron chi connectivity index (χ3n) is 7.55. The fourth-order valence-electron chi connectivity index (χ4n) is 5.06. The zero-order valence-corrected chi connectivity index (χ0v) is 25.2.